The molecule has 8 heteroatoms. The number of benzene rings is 2. The quantitative estimate of drug-likeness (QED) is 0.719. The second-order valence-corrected chi connectivity index (χ2v) is 6.43. The van der Waals surface area contributed by atoms with E-state index in [9.17, 15) is 14.4 Å². The smallest absolute Gasteiger partial charge is 0.337 e. The van der Waals surface area contributed by atoms with E-state index in [1.165, 1.54) is 18.9 Å². The average Bonchev–Trinajstić information content (AvgIpc) is 3.19. The van der Waals surface area contributed by atoms with Gasteiger partial charge in [0.1, 0.15) is 0 Å². The highest BCUT2D eigenvalue weighted by Gasteiger charge is 2.16. The average molecular weight is 398 g/mol. The van der Waals surface area contributed by atoms with E-state index in [1.807, 2.05) is 12.1 Å². The second-order valence-electron chi connectivity index (χ2n) is 6.43. The van der Waals surface area contributed by atoms with Crippen molar-refractivity contribution >= 4 is 23.5 Å². The highest BCUT2D eigenvalue weighted by molar-refractivity contribution is 5.95. The molecule has 2 aromatic carbocycles. The van der Waals surface area contributed by atoms with Gasteiger partial charge in [-0.15, -0.1) is 0 Å². The van der Waals surface area contributed by atoms with Gasteiger partial charge in [0.05, 0.1) is 12.7 Å². The topological polar surface area (TPSA) is 94.2 Å². The number of nitrogens with one attached hydrogen (secondary N) is 1. The van der Waals surface area contributed by atoms with Crippen LogP contribution in [-0.2, 0) is 20.9 Å². The Kier molecular flexibility index (Phi) is 6.33. The molecule has 1 aliphatic heterocycles. The van der Waals surface area contributed by atoms with Crippen molar-refractivity contribution in [2.45, 2.75) is 19.9 Å². The van der Waals surface area contributed by atoms with Crippen molar-refractivity contribution in [2.75, 3.05) is 25.3 Å². The van der Waals surface area contributed by atoms with Crippen LogP contribution in [0.4, 0.5) is 5.69 Å². The fourth-order valence-corrected chi connectivity index (χ4v) is 2.94. The van der Waals surface area contributed by atoms with Crippen molar-refractivity contribution in [1.82, 2.24) is 5.32 Å². The first-order valence-electron chi connectivity index (χ1n) is 9.09. The predicted octanol–water partition coefficient (Wildman–Crippen LogP) is 2.26. The number of rotatable bonds is 7. The van der Waals surface area contributed by atoms with E-state index >= 15 is 0 Å². The highest BCUT2D eigenvalue weighted by atomic mass is 16.7. The molecule has 1 aliphatic rings. The van der Waals surface area contributed by atoms with Crippen LogP contribution in [0.2, 0.25) is 0 Å². The number of nitrogens with zero attached hydrogens (tertiary/aromatic N) is 1. The number of methoxy groups -OCH3 is 1. The molecule has 0 saturated heterocycles. The summed E-state index contributed by atoms with van der Waals surface area (Å²) in [6, 6.07) is 12.0. The number of anilines is 1. The SMILES string of the molecule is COC(=O)c1cccc(N(CCC(=O)NCc2ccc3c(c2)OCO3)C(C)=O)c1. The molecule has 2 aromatic rings. The second kappa shape index (κ2) is 9.09. The Morgan fingerprint density at radius 3 is 2.66 bits per heavy atom. The van der Waals surface area contributed by atoms with Crippen LogP contribution in [0.1, 0.15) is 29.3 Å². The highest BCUT2D eigenvalue weighted by Crippen LogP contribution is 2.32. The van der Waals surface area contributed by atoms with Crippen LogP contribution in [0, 0.1) is 0 Å². The van der Waals surface area contributed by atoms with Crippen LogP contribution in [-0.4, -0.2) is 38.2 Å². The molecule has 1 heterocycles. The first kappa shape index (κ1) is 20.2. The van der Waals surface area contributed by atoms with Gasteiger partial charge in [0, 0.05) is 32.1 Å². The number of carbonyl (C=O) groups is 3. The van der Waals surface area contributed by atoms with Crippen molar-refractivity contribution in [2.24, 2.45) is 0 Å². The van der Waals surface area contributed by atoms with Gasteiger partial charge < -0.3 is 24.4 Å². The molecular formula is C21H22N2O6. The lowest BCUT2D eigenvalue weighted by Crippen LogP contribution is -2.33. The number of fused-ring (bicyclic) bond motifs is 1. The van der Waals surface area contributed by atoms with Crippen molar-refractivity contribution in [1.29, 1.82) is 0 Å². The summed E-state index contributed by atoms with van der Waals surface area (Å²) in [6.07, 6.45) is 0.118. The van der Waals surface area contributed by atoms with Gasteiger partial charge in [0.15, 0.2) is 11.5 Å². The summed E-state index contributed by atoms with van der Waals surface area (Å²) in [7, 11) is 1.29. The van der Waals surface area contributed by atoms with Gasteiger partial charge in [0.2, 0.25) is 18.6 Å². The minimum Gasteiger partial charge on any atom is -0.465 e. The van der Waals surface area contributed by atoms with E-state index in [0.29, 0.717) is 29.3 Å². The molecule has 0 aliphatic carbocycles. The van der Waals surface area contributed by atoms with Gasteiger partial charge in [-0.05, 0) is 35.9 Å². The lowest BCUT2D eigenvalue weighted by atomic mass is 10.1. The number of hydrogen-bond donors (Lipinski definition) is 1. The maximum Gasteiger partial charge on any atom is 0.337 e. The zero-order valence-electron chi connectivity index (χ0n) is 16.3. The number of carbonyl (C=O) groups excluding carboxylic acids is 3. The van der Waals surface area contributed by atoms with Crippen LogP contribution < -0.4 is 19.7 Å². The zero-order valence-corrected chi connectivity index (χ0v) is 16.3. The Morgan fingerprint density at radius 1 is 1.10 bits per heavy atom. The van der Waals surface area contributed by atoms with Crippen molar-refractivity contribution in [3.05, 3.63) is 53.6 Å². The summed E-state index contributed by atoms with van der Waals surface area (Å²) in [5.41, 5.74) is 1.75. The molecule has 2 amide bonds. The van der Waals surface area contributed by atoms with Crippen LogP contribution in [0.15, 0.2) is 42.5 Å². The molecular weight excluding hydrogens is 376 g/mol. The molecule has 29 heavy (non-hydrogen) atoms. The van der Waals surface area contributed by atoms with Gasteiger partial charge in [0.25, 0.3) is 0 Å². The lowest BCUT2D eigenvalue weighted by molar-refractivity contribution is -0.121. The first-order chi connectivity index (χ1) is 14.0. The van der Waals surface area contributed by atoms with E-state index < -0.39 is 5.97 Å². The minimum atomic E-state index is -0.489. The number of amides is 2. The Morgan fingerprint density at radius 2 is 1.90 bits per heavy atom. The molecule has 0 atom stereocenters. The monoisotopic (exact) mass is 398 g/mol. The Balaban J connectivity index is 1.57. The van der Waals surface area contributed by atoms with Crippen LogP contribution >= 0.6 is 0 Å². The van der Waals surface area contributed by atoms with Gasteiger partial charge in [-0.25, -0.2) is 4.79 Å². The molecule has 3 rings (SSSR count). The first-order valence-corrected chi connectivity index (χ1v) is 9.09. The van der Waals surface area contributed by atoms with E-state index in [4.69, 9.17) is 14.2 Å². The fourth-order valence-electron chi connectivity index (χ4n) is 2.94. The standard InChI is InChI=1S/C21H22N2O6/c1-14(24)23(17-5-3-4-16(11-17)21(26)27-2)9-8-20(25)22-12-15-6-7-18-19(10-15)29-13-28-18/h3-7,10-11H,8-9,12-13H2,1-2H3,(H,22,25). The van der Waals surface area contributed by atoms with E-state index in [1.54, 1.807) is 30.3 Å². The van der Waals surface area contributed by atoms with Gasteiger partial charge in [-0.2, -0.15) is 0 Å². The zero-order chi connectivity index (χ0) is 20.8. The number of esters is 1. The molecule has 0 bridgehead atoms. The van der Waals surface area contributed by atoms with Gasteiger partial charge in [-0.3, -0.25) is 9.59 Å². The summed E-state index contributed by atoms with van der Waals surface area (Å²) in [6.45, 7) is 2.14. The summed E-state index contributed by atoms with van der Waals surface area (Å²) in [5.74, 6) is 0.432. The molecule has 0 unspecified atom stereocenters. The molecule has 0 aromatic heterocycles. The third-order valence-electron chi connectivity index (χ3n) is 4.45. The Labute approximate surface area is 168 Å². The minimum absolute atomic E-state index is 0.118. The largest absolute Gasteiger partial charge is 0.465 e. The molecule has 0 fully saturated rings. The molecule has 0 radical (unpaired) electrons. The van der Waals surface area contributed by atoms with Gasteiger partial charge >= 0.3 is 5.97 Å². The molecule has 0 saturated carbocycles. The van der Waals surface area contributed by atoms with E-state index in [0.717, 1.165) is 5.56 Å². The molecule has 8 nitrogen and oxygen atoms in total. The van der Waals surface area contributed by atoms with Crippen LogP contribution in [0.5, 0.6) is 11.5 Å². The van der Waals surface area contributed by atoms with Crippen LogP contribution in [0.3, 0.4) is 0 Å². The summed E-state index contributed by atoms with van der Waals surface area (Å²) >= 11 is 0. The van der Waals surface area contributed by atoms with E-state index in [2.05, 4.69) is 5.32 Å². The normalized spacial score (nSPS) is 11.7. The Hall–Kier alpha value is -3.55. The maximum atomic E-state index is 12.3. The van der Waals surface area contributed by atoms with Gasteiger partial charge in [-0.1, -0.05) is 12.1 Å². The van der Waals surface area contributed by atoms with Crippen molar-refractivity contribution in [3.8, 4) is 11.5 Å². The third-order valence-corrected chi connectivity index (χ3v) is 4.45. The molecule has 0 spiro atoms. The maximum absolute atomic E-state index is 12.3. The van der Waals surface area contributed by atoms with Crippen LogP contribution in [0.25, 0.3) is 0 Å². The summed E-state index contributed by atoms with van der Waals surface area (Å²) < 4.78 is 15.3. The summed E-state index contributed by atoms with van der Waals surface area (Å²) in [5, 5.41) is 2.83. The summed E-state index contributed by atoms with van der Waals surface area (Å²) in [4.78, 5) is 37.5. The third kappa shape index (κ3) is 5.04. The van der Waals surface area contributed by atoms with E-state index in [-0.39, 0.29) is 31.6 Å². The van der Waals surface area contributed by atoms with Crippen molar-refractivity contribution < 1.29 is 28.6 Å². The lowest BCUT2D eigenvalue weighted by Gasteiger charge is -2.21. The van der Waals surface area contributed by atoms with Crippen molar-refractivity contribution in [3.63, 3.8) is 0 Å². The number of ether oxygens (including phenoxy) is 3. The molecule has 152 valence electrons. The molecule has 1 N–H and O–H groups in total. The Bertz CT molecular complexity index is 927. The predicted molar refractivity (Wildman–Crippen MR) is 105 cm³/mol. The fraction of sp³-hybridized carbons (Fsp3) is 0.286. The number of hydrogen-bond acceptors (Lipinski definition) is 6.